The molecule has 0 N–H and O–H groups in total. The summed E-state index contributed by atoms with van der Waals surface area (Å²) in [6.45, 7) is 1.55. The van der Waals surface area contributed by atoms with E-state index in [1.807, 2.05) is 6.07 Å². The van der Waals surface area contributed by atoms with Crippen molar-refractivity contribution in [2.24, 2.45) is 0 Å². The lowest BCUT2D eigenvalue weighted by molar-refractivity contribution is -0.136. The first kappa shape index (κ1) is 11.2. The van der Waals surface area contributed by atoms with Gasteiger partial charge in [0.2, 0.25) is 0 Å². The molecule has 0 bridgehead atoms. The van der Waals surface area contributed by atoms with Crippen molar-refractivity contribution in [1.82, 2.24) is 0 Å². The van der Waals surface area contributed by atoms with Crippen LogP contribution in [-0.4, -0.2) is 18.9 Å². The van der Waals surface area contributed by atoms with Crippen LogP contribution in [0.15, 0.2) is 42.0 Å². The molecule has 0 saturated carbocycles. The van der Waals surface area contributed by atoms with Gasteiger partial charge < -0.3 is 4.74 Å². The van der Waals surface area contributed by atoms with Gasteiger partial charge in [0.15, 0.2) is 5.78 Å². The number of carbonyl (C=O) groups excluding carboxylic acids is 2. The van der Waals surface area contributed by atoms with Crippen LogP contribution in [0.4, 0.5) is 0 Å². The number of esters is 1. The summed E-state index contributed by atoms with van der Waals surface area (Å²) in [4.78, 5) is 22.6. The van der Waals surface area contributed by atoms with Crippen molar-refractivity contribution in [1.29, 1.82) is 0 Å². The van der Waals surface area contributed by atoms with Crippen molar-refractivity contribution in [3.05, 3.63) is 47.5 Å². The molecule has 3 nitrogen and oxygen atoms in total. The summed E-state index contributed by atoms with van der Waals surface area (Å²) >= 11 is 0. The molecule has 0 fully saturated rings. The van der Waals surface area contributed by atoms with Crippen molar-refractivity contribution in [3.63, 3.8) is 0 Å². The number of ketones is 1. The van der Waals surface area contributed by atoms with E-state index in [2.05, 4.69) is 4.74 Å². The van der Waals surface area contributed by atoms with Gasteiger partial charge in [0, 0.05) is 11.1 Å². The summed E-state index contributed by atoms with van der Waals surface area (Å²) < 4.78 is 4.49. The molecule has 0 aliphatic rings. The normalized spacial score (nSPS) is 10.9. The maximum atomic E-state index is 11.6. The zero-order valence-electron chi connectivity index (χ0n) is 8.69. The van der Waals surface area contributed by atoms with E-state index in [-0.39, 0.29) is 5.78 Å². The molecule has 0 aliphatic carbocycles. The Kier molecular flexibility index (Phi) is 3.80. The standard InChI is InChI=1S/C12H12O3/c1-9(12(14)15-2)8-11(13)10-6-4-3-5-7-10/h3-8H,1-2H3. The number of hydrogen-bond donors (Lipinski definition) is 0. The maximum absolute atomic E-state index is 11.6. The summed E-state index contributed by atoms with van der Waals surface area (Å²) in [7, 11) is 1.28. The van der Waals surface area contributed by atoms with E-state index in [4.69, 9.17) is 0 Å². The van der Waals surface area contributed by atoms with Gasteiger partial charge in [-0.2, -0.15) is 0 Å². The number of allylic oxidation sites excluding steroid dienone is 1. The largest absolute Gasteiger partial charge is 0.466 e. The Morgan fingerprint density at radius 2 is 1.80 bits per heavy atom. The molecule has 0 atom stereocenters. The van der Waals surface area contributed by atoms with Gasteiger partial charge >= 0.3 is 5.97 Å². The summed E-state index contributed by atoms with van der Waals surface area (Å²) in [5.41, 5.74) is 0.854. The minimum absolute atomic E-state index is 0.196. The van der Waals surface area contributed by atoms with Crippen LogP contribution in [-0.2, 0) is 9.53 Å². The summed E-state index contributed by atoms with van der Waals surface area (Å²) in [6.07, 6.45) is 1.28. The average Bonchev–Trinajstić information content (AvgIpc) is 2.29. The molecule has 3 heteroatoms. The van der Waals surface area contributed by atoms with Gasteiger partial charge in [0.25, 0.3) is 0 Å². The zero-order chi connectivity index (χ0) is 11.3. The van der Waals surface area contributed by atoms with E-state index in [0.29, 0.717) is 11.1 Å². The molecule has 15 heavy (non-hydrogen) atoms. The lowest BCUT2D eigenvalue weighted by Crippen LogP contribution is -2.04. The molecule has 78 valence electrons. The Morgan fingerprint density at radius 1 is 1.20 bits per heavy atom. The highest BCUT2D eigenvalue weighted by Gasteiger charge is 2.07. The molecule has 1 rings (SSSR count). The Hall–Kier alpha value is -1.90. The average molecular weight is 204 g/mol. The predicted octanol–water partition coefficient (Wildman–Crippen LogP) is 1.99. The van der Waals surface area contributed by atoms with Crippen LogP contribution >= 0.6 is 0 Å². The van der Waals surface area contributed by atoms with Crippen LogP contribution in [0.2, 0.25) is 0 Å². The summed E-state index contributed by atoms with van der Waals surface area (Å²) in [5, 5.41) is 0. The second-order valence-corrected chi connectivity index (χ2v) is 3.05. The number of benzene rings is 1. The van der Waals surface area contributed by atoms with E-state index >= 15 is 0 Å². The first-order valence-corrected chi connectivity index (χ1v) is 4.51. The van der Waals surface area contributed by atoms with E-state index in [0.717, 1.165) is 0 Å². The predicted molar refractivity (Wildman–Crippen MR) is 56.5 cm³/mol. The highest BCUT2D eigenvalue weighted by Crippen LogP contribution is 2.04. The highest BCUT2D eigenvalue weighted by atomic mass is 16.5. The lowest BCUT2D eigenvalue weighted by atomic mass is 10.1. The zero-order valence-corrected chi connectivity index (χ0v) is 8.69. The second-order valence-electron chi connectivity index (χ2n) is 3.05. The SMILES string of the molecule is COC(=O)C(C)=CC(=O)c1ccccc1. The van der Waals surface area contributed by atoms with Gasteiger partial charge in [-0.15, -0.1) is 0 Å². The van der Waals surface area contributed by atoms with Gasteiger partial charge in [0.05, 0.1) is 7.11 Å². The van der Waals surface area contributed by atoms with Gasteiger partial charge in [-0.25, -0.2) is 4.79 Å². The highest BCUT2D eigenvalue weighted by molar-refractivity contribution is 6.08. The van der Waals surface area contributed by atoms with Crippen LogP contribution in [0.3, 0.4) is 0 Å². The number of rotatable bonds is 3. The molecular weight excluding hydrogens is 192 g/mol. The summed E-state index contributed by atoms with van der Waals surface area (Å²) in [5.74, 6) is -0.683. The van der Waals surface area contributed by atoms with Crippen molar-refractivity contribution in [2.45, 2.75) is 6.92 Å². The molecule has 0 heterocycles. The molecule has 0 spiro atoms. The monoisotopic (exact) mass is 204 g/mol. The smallest absolute Gasteiger partial charge is 0.333 e. The number of hydrogen-bond acceptors (Lipinski definition) is 3. The van der Waals surface area contributed by atoms with Crippen LogP contribution in [0.25, 0.3) is 0 Å². The van der Waals surface area contributed by atoms with E-state index < -0.39 is 5.97 Å². The van der Waals surface area contributed by atoms with Gasteiger partial charge in [-0.3, -0.25) is 4.79 Å². The third-order valence-corrected chi connectivity index (χ3v) is 1.91. The molecule has 0 aromatic heterocycles. The quantitative estimate of drug-likeness (QED) is 0.429. The van der Waals surface area contributed by atoms with Crippen molar-refractivity contribution < 1.29 is 14.3 Å². The molecule has 1 aromatic rings. The van der Waals surface area contributed by atoms with Gasteiger partial charge in [-0.1, -0.05) is 30.3 Å². The van der Waals surface area contributed by atoms with E-state index in [1.165, 1.54) is 13.2 Å². The number of ether oxygens (including phenoxy) is 1. The summed E-state index contributed by atoms with van der Waals surface area (Å²) in [6, 6.07) is 8.77. The van der Waals surface area contributed by atoms with E-state index in [9.17, 15) is 9.59 Å². The van der Waals surface area contributed by atoms with Crippen LogP contribution in [0.1, 0.15) is 17.3 Å². The fourth-order valence-corrected chi connectivity index (χ4v) is 1.10. The Balaban J connectivity index is 2.84. The van der Waals surface area contributed by atoms with Crippen LogP contribution in [0, 0.1) is 0 Å². The third-order valence-electron chi connectivity index (χ3n) is 1.91. The van der Waals surface area contributed by atoms with Gasteiger partial charge in [-0.05, 0) is 13.0 Å². The second kappa shape index (κ2) is 5.10. The first-order chi connectivity index (χ1) is 7.15. The molecule has 0 unspecified atom stereocenters. The van der Waals surface area contributed by atoms with Crippen LogP contribution in [0.5, 0.6) is 0 Å². The maximum Gasteiger partial charge on any atom is 0.333 e. The molecule has 0 amide bonds. The Labute approximate surface area is 88.4 Å². The number of carbonyl (C=O) groups is 2. The number of methoxy groups -OCH3 is 1. The molecule has 0 saturated heterocycles. The minimum atomic E-state index is -0.487. The molecule has 0 aliphatic heterocycles. The van der Waals surface area contributed by atoms with Crippen LogP contribution < -0.4 is 0 Å². The van der Waals surface area contributed by atoms with Crippen molar-refractivity contribution >= 4 is 11.8 Å². The molecule has 0 radical (unpaired) electrons. The Morgan fingerprint density at radius 3 is 2.33 bits per heavy atom. The van der Waals surface area contributed by atoms with Crippen molar-refractivity contribution in [2.75, 3.05) is 7.11 Å². The fraction of sp³-hybridized carbons (Fsp3) is 0.167. The third kappa shape index (κ3) is 3.06. The Bertz CT molecular complexity index is 391. The van der Waals surface area contributed by atoms with E-state index in [1.54, 1.807) is 31.2 Å². The minimum Gasteiger partial charge on any atom is -0.466 e. The molecular formula is C12H12O3. The molecule has 1 aromatic carbocycles. The van der Waals surface area contributed by atoms with Gasteiger partial charge in [0.1, 0.15) is 0 Å². The fourth-order valence-electron chi connectivity index (χ4n) is 1.10. The first-order valence-electron chi connectivity index (χ1n) is 4.51. The lowest BCUT2D eigenvalue weighted by Gasteiger charge is -1.98. The van der Waals surface area contributed by atoms with Crippen molar-refractivity contribution in [3.8, 4) is 0 Å². The topological polar surface area (TPSA) is 43.4 Å².